The fourth-order valence-corrected chi connectivity index (χ4v) is 4.02. The minimum atomic E-state index is 0.165. The Hall–Kier alpha value is -0.160. The maximum absolute atomic E-state index is 6.58. The first-order valence-corrected chi connectivity index (χ1v) is 8.35. The summed E-state index contributed by atoms with van der Waals surface area (Å²) >= 11 is 0. The molecule has 2 aliphatic heterocycles. The maximum Gasteiger partial charge on any atom is 0.0856 e. The SMILES string of the molecule is CC(C)N1CCOC(C(N)C2CCOC3(CCC3)C2)C1. The summed E-state index contributed by atoms with van der Waals surface area (Å²) in [5.41, 5.74) is 6.77. The second kappa shape index (κ2) is 5.91. The van der Waals surface area contributed by atoms with Gasteiger partial charge in [0.2, 0.25) is 0 Å². The number of ether oxygens (including phenoxy) is 2. The Labute approximate surface area is 123 Å². The molecule has 4 heteroatoms. The maximum atomic E-state index is 6.58. The van der Waals surface area contributed by atoms with Crippen LogP contribution in [0.4, 0.5) is 0 Å². The number of hydrogen-bond acceptors (Lipinski definition) is 4. The van der Waals surface area contributed by atoms with Crippen LogP contribution in [0.2, 0.25) is 0 Å². The fraction of sp³-hybridized carbons (Fsp3) is 1.00. The molecular weight excluding hydrogens is 252 g/mol. The molecule has 0 aromatic rings. The number of morpholine rings is 1. The molecule has 0 radical (unpaired) electrons. The van der Waals surface area contributed by atoms with Gasteiger partial charge >= 0.3 is 0 Å². The zero-order chi connectivity index (χ0) is 14.2. The lowest BCUT2D eigenvalue weighted by molar-refractivity contribution is -0.154. The van der Waals surface area contributed by atoms with E-state index >= 15 is 0 Å². The van der Waals surface area contributed by atoms with Crippen molar-refractivity contribution in [1.82, 2.24) is 4.90 Å². The van der Waals surface area contributed by atoms with E-state index in [0.29, 0.717) is 12.0 Å². The Bertz CT molecular complexity index is 330. The van der Waals surface area contributed by atoms with Crippen LogP contribution in [0.5, 0.6) is 0 Å². The van der Waals surface area contributed by atoms with E-state index in [4.69, 9.17) is 15.2 Å². The number of rotatable bonds is 3. The molecule has 3 atom stereocenters. The van der Waals surface area contributed by atoms with Crippen molar-refractivity contribution in [3.8, 4) is 0 Å². The number of nitrogens with zero attached hydrogens (tertiary/aromatic N) is 1. The molecule has 2 heterocycles. The minimum absolute atomic E-state index is 0.165. The average Bonchev–Trinajstić information content (AvgIpc) is 2.45. The highest BCUT2D eigenvalue weighted by Gasteiger charge is 2.45. The van der Waals surface area contributed by atoms with Crippen molar-refractivity contribution < 1.29 is 9.47 Å². The Morgan fingerprint density at radius 2 is 2.05 bits per heavy atom. The van der Waals surface area contributed by atoms with Crippen LogP contribution in [0, 0.1) is 5.92 Å². The normalized spacial score (nSPS) is 36.0. The molecular formula is C16H30N2O2. The smallest absolute Gasteiger partial charge is 0.0856 e. The Balaban J connectivity index is 1.58. The van der Waals surface area contributed by atoms with Crippen molar-refractivity contribution >= 4 is 0 Å². The van der Waals surface area contributed by atoms with E-state index in [-0.39, 0.29) is 17.7 Å². The first-order chi connectivity index (χ1) is 9.60. The number of nitrogens with two attached hydrogens (primary N) is 1. The van der Waals surface area contributed by atoms with Crippen LogP contribution >= 0.6 is 0 Å². The standard InChI is InChI=1S/C16H30N2O2/c1-12(2)18-7-9-19-14(11-18)15(17)13-4-8-20-16(10-13)5-3-6-16/h12-15H,3-11,17H2,1-2H3. The van der Waals surface area contributed by atoms with E-state index in [9.17, 15) is 0 Å². The van der Waals surface area contributed by atoms with Crippen molar-refractivity contribution in [2.75, 3.05) is 26.3 Å². The van der Waals surface area contributed by atoms with Crippen molar-refractivity contribution in [3.63, 3.8) is 0 Å². The lowest BCUT2D eigenvalue weighted by Gasteiger charge is -2.49. The molecule has 1 saturated carbocycles. The molecule has 0 aromatic heterocycles. The molecule has 3 fully saturated rings. The van der Waals surface area contributed by atoms with Gasteiger partial charge in [0.1, 0.15) is 0 Å². The van der Waals surface area contributed by atoms with E-state index in [2.05, 4.69) is 18.7 Å². The summed E-state index contributed by atoms with van der Waals surface area (Å²) in [7, 11) is 0. The largest absolute Gasteiger partial charge is 0.375 e. The molecule has 0 aromatic carbocycles. The molecule has 116 valence electrons. The summed E-state index contributed by atoms with van der Waals surface area (Å²) in [6, 6.07) is 0.749. The van der Waals surface area contributed by atoms with Crippen molar-refractivity contribution in [3.05, 3.63) is 0 Å². The summed E-state index contributed by atoms with van der Waals surface area (Å²) in [5, 5.41) is 0. The summed E-state index contributed by atoms with van der Waals surface area (Å²) in [6.45, 7) is 8.25. The molecule has 0 amide bonds. The van der Waals surface area contributed by atoms with E-state index < -0.39 is 0 Å². The van der Waals surface area contributed by atoms with Gasteiger partial charge in [-0.1, -0.05) is 0 Å². The Kier molecular flexibility index (Phi) is 4.37. The van der Waals surface area contributed by atoms with Crippen LogP contribution in [0.1, 0.15) is 46.0 Å². The van der Waals surface area contributed by atoms with Gasteiger partial charge in [0.15, 0.2) is 0 Å². The molecule has 2 N–H and O–H groups in total. The first-order valence-electron chi connectivity index (χ1n) is 8.35. The van der Waals surface area contributed by atoms with Crippen LogP contribution in [0.15, 0.2) is 0 Å². The highest BCUT2D eigenvalue weighted by Crippen LogP contribution is 2.45. The van der Waals surface area contributed by atoms with E-state index in [1.54, 1.807) is 0 Å². The van der Waals surface area contributed by atoms with Crippen molar-refractivity contribution in [1.29, 1.82) is 0 Å². The van der Waals surface area contributed by atoms with Crippen LogP contribution in [0.3, 0.4) is 0 Å². The third kappa shape index (κ3) is 2.89. The molecule has 3 unspecified atom stereocenters. The van der Waals surface area contributed by atoms with Crippen LogP contribution in [0.25, 0.3) is 0 Å². The zero-order valence-corrected chi connectivity index (χ0v) is 13.0. The summed E-state index contributed by atoms with van der Waals surface area (Å²) < 4.78 is 12.0. The van der Waals surface area contributed by atoms with Gasteiger partial charge in [-0.2, -0.15) is 0 Å². The fourth-order valence-electron chi connectivity index (χ4n) is 4.02. The first kappa shape index (κ1) is 14.8. The zero-order valence-electron chi connectivity index (χ0n) is 13.0. The molecule has 1 aliphatic carbocycles. The van der Waals surface area contributed by atoms with Crippen LogP contribution < -0.4 is 5.73 Å². The van der Waals surface area contributed by atoms with Crippen LogP contribution in [-0.2, 0) is 9.47 Å². The van der Waals surface area contributed by atoms with Gasteiger partial charge in [0, 0.05) is 31.8 Å². The van der Waals surface area contributed by atoms with Gasteiger partial charge in [-0.3, -0.25) is 4.90 Å². The predicted molar refractivity (Wildman–Crippen MR) is 79.7 cm³/mol. The van der Waals surface area contributed by atoms with Gasteiger partial charge in [0.25, 0.3) is 0 Å². The molecule has 0 bridgehead atoms. The highest BCUT2D eigenvalue weighted by molar-refractivity contribution is 4.98. The molecule has 3 rings (SSSR count). The Morgan fingerprint density at radius 3 is 2.70 bits per heavy atom. The second-order valence-electron chi connectivity index (χ2n) is 7.21. The summed E-state index contributed by atoms with van der Waals surface area (Å²) in [4.78, 5) is 2.49. The molecule has 2 saturated heterocycles. The highest BCUT2D eigenvalue weighted by atomic mass is 16.5. The van der Waals surface area contributed by atoms with Gasteiger partial charge in [-0.05, 0) is 51.9 Å². The summed E-state index contributed by atoms with van der Waals surface area (Å²) in [5.74, 6) is 0.571. The lowest BCUT2D eigenvalue weighted by atomic mass is 9.70. The third-order valence-corrected chi connectivity index (χ3v) is 5.62. The van der Waals surface area contributed by atoms with E-state index in [0.717, 1.165) is 39.1 Å². The second-order valence-corrected chi connectivity index (χ2v) is 7.21. The summed E-state index contributed by atoms with van der Waals surface area (Å²) in [6.07, 6.45) is 6.24. The molecule has 1 spiro atoms. The van der Waals surface area contributed by atoms with E-state index in [1.807, 2.05) is 0 Å². The van der Waals surface area contributed by atoms with Crippen LogP contribution in [-0.4, -0.2) is 55.0 Å². The monoisotopic (exact) mass is 282 g/mol. The molecule has 20 heavy (non-hydrogen) atoms. The third-order valence-electron chi connectivity index (χ3n) is 5.62. The molecule has 4 nitrogen and oxygen atoms in total. The van der Waals surface area contributed by atoms with Gasteiger partial charge in [0.05, 0.1) is 18.3 Å². The van der Waals surface area contributed by atoms with Crippen molar-refractivity contribution in [2.45, 2.75) is 69.7 Å². The van der Waals surface area contributed by atoms with Gasteiger partial charge < -0.3 is 15.2 Å². The average molecular weight is 282 g/mol. The topological polar surface area (TPSA) is 47.7 Å². The predicted octanol–water partition coefficient (Wildman–Crippen LogP) is 1.77. The Morgan fingerprint density at radius 1 is 1.25 bits per heavy atom. The van der Waals surface area contributed by atoms with E-state index in [1.165, 1.54) is 19.3 Å². The van der Waals surface area contributed by atoms with Crippen molar-refractivity contribution in [2.24, 2.45) is 11.7 Å². The van der Waals surface area contributed by atoms with Gasteiger partial charge in [-0.25, -0.2) is 0 Å². The van der Waals surface area contributed by atoms with Gasteiger partial charge in [-0.15, -0.1) is 0 Å². The number of hydrogen-bond donors (Lipinski definition) is 1. The minimum Gasteiger partial charge on any atom is -0.375 e. The lowest BCUT2D eigenvalue weighted by Crippen LogP contribution is -2.57. The molecule has 3 aliphatic rings. The quantitative estimate of drug-likeness (QED) is 0.857.